The van der Waals surface area contributed by atoms with Crippen molar-refractivity contribution in [1.29, 1.82) is 0 Å². The largest absolute Gasteiger partial charge is 0.399 e. The van der Waals surface area contributed by atoms with Gasteiger partial charge >= 0.3 is 0 Å². The summed E-state index contributed by atoms with van der Waals surface area (Å²) in [6.07, 6.45) is 1.75. The van der Waals surface area contributed by atoms with Crippen LogP contribution in [0.1, 0.15) is 30.1 Å². The third kappa shape index (κ3) is 2.87. The molecule has 1 aliphatic heterocycles. The third-order valence-corrected chi connectivity index (χ3v) is 3.66. The van der Waals surface area contributed by atoms with E-state index in [1.807, 2.05) is 6.92 Å². The lowest BCUT2D eigenvalue weighted by molar-refractivity contribution is -0.0441. The third-order valence-electron chi connectivity index (χ3n) is 3.66. The number of hydrogen-bond acceptors (Lipinski definition) is 3. The molecule has 0 aromatic heterocycles. The number of ether oxygens (including phenoxy) is 1. The minimum absolute atomic E-state index is 0.0644. The number of rotatable bonds is 2. The van der Waals surface area contributed by atoms with Gasteiger partial charge in [0, 0.05) is 25.9 Å². The highest BCUT2D eigenvalue weighted by atomic mass is 19.1. The second-order valence-corrected chi connectivity index (χ2v) is 5.22. The summed E-state index contributed by atoms with van der Waals surface area (Å²) in [5.74, 6) is -0.879. The van der Waals surface area contributed by atoms with Crippen molar-refractivity contribution in [3.05, 3.63) is 29.6 Å². The first-order chi connectivity index (χ1) is 8.95. The molecule has 1 amide bonds. The van der Waals surface area contributed by atoms with Crippen LogP contribution >= 0.6 is 0 Å². The van der Waals surface area contributed by atoms with E-state index in [-0.39, 0.29) is 17.1 Å². The fourth-order valence-electron chi connectivity index (χ4n) is 2.42. The molecule has 1 fully saturated rings. The van der Waals surface area contributed by atoms with Gasteiger partial charge in [-0.2, -0.15) is 0 Å². The van der Waals surface area contributed by atoms with Crippen LogP contribution in [-0.4, -0.2) is 36.6 Å². The Morgan fingerprint density at radius 3 is 2.89 bits per heavy atom. The number of carbonyl (C=O) groups excluding carboxylic acids is 1. The molecule has 2 rings (SSSR count). The number of benzene rings is 1. The van der Waals surface area contributed by atoms with Crippen molar-refractivity contribution in [2.24, 2.45) is 0 Å². The van der Waals surface area contributed by atoms with Gasteiger partial charge in [0.05, 0.1) is 11.2 Å². The molecule has 0 bridgehead atoms. The number of halogens is 1. The zero-order valence-electron chi connectivity index (χ0n) is 11.3. The molecule has 19 heavy (non-hydrogen) atoms. The van der Waals surface area contributed by atoms with E-state index in [2.05, 4.69) is 0 Å². The molecular weight excluding hydrogens is 247 g/mol. The van der Waals surface area contributed by atoms with Gasteiger partial charge < -0.3 is 15.4 Å². The lowest BCUT2D eigenvalue weighted by Crippen LogP contribution is -2.49. The normalized spacial score (nSPS) is 23.4. The fraction of sp³-hybridized carbons (Fsp3) is 0.500. The van der Waals surface area contributed by atoms with Crippen LogP contribution in [0.15, 0.2) is 18.2 Å². The van der Waals surface area contributed by atoms with Crippen molar-refractivity contribution < 1.29 is 13.9 Å². The molecule has 1 aliphatic rings. The van der Waals surface area contributed by atoms with Crippen molar-refractivity contribution in [3.63, 3.8) is 0 Å². The van der Waals surface area contributed by atoms with Crippen molar-refractivity contribution in [1.82, 2.24) is 4.90 Å². The average molecular weight is 266 g/mol. The second-order valence-electron chi connectivity index (χ2n) is 5.22. The van der Waals surface area contributed by atoms with Crippen LogP contribution in [0, 0.1) is 5.82 Å². The molecule has 0 radical (unpaired) electrons. The fourth-order valence-corrected chi connectivity index (χ4v) is 2.42. The monoisotopic (exact) mass is 266 g/mol. The molecule has 4 nitrogen and oxygen atoms in total. The van der Waals surface area contributed by atoms with E-state index in [1.165, 1.54) is 18.2 Å². The van der Waals surface area contributed by atoms with Crippen LogP contribution in [-0.2, 0) is 4.74 Å². The molecule has 1 unspecified atom stereocenters. The first-order valence-electron chi connectivity index (χ1n) is 6.35. The van der Waals surface area contributed by atoms with Gasteiger partial charge in [-0.1, -0.05) is 0 Å². The SMILES string of the molecule is COC1(C)CCCN(C(=O)c2ccc(N)cc2F)C1. The molecule has 0 saturated carbocycles. The first kappa shape index (κ1) is 13.8. The number of carbonyl (C=O) groups is 1. The number of hydrogen-bond donors (Lipinski definition) is 1. The predicted octanol–water partition coefficient (Wildman–Crippen LogP) is 2.05. The Balaban J connectivity index is 2.19. The Bertz CT molecular complexity index is 492. The molecule has 1 heterocycles. The summed E-state index contributed by atoms with van der Waals surface area (Å²) in [5.41, 5.74) is 5.52. The summed E-state index contributed by atoms with van der Waals surface area (Å²) in [5, 5.41) is 0. The maximum atomic E-state index is 13.8. The van der Waals surface area contributed by atoms with E-state index in [0.29, 0.717) is 18.8 Å². The Morgan fingerprint density at radius 1 is 1.53 bits per heavy atom. The Labute approximate surface area is 112 Å². The zero-order valence-corrected chi connectivity index (χ0v) is 11.3. The van der Waals surface area contributed by atoms with Crippen LogP contribution in [0.5, 0.6) is 0 Å². The average Bonchev–Trinajstić information content (AvgIpc) is 2.38. The highest BCUT2D eigenvalue weighted by molar-refractivity contribution is 5.95. The Hall–Kier alpha value is -1.62. The number of likely N-dealkylation sites (tertiary alicyclic amines) is 1. The van der Waals surface area contributed by atoms with Gasteiger partial charge in [-0.3, -0.25) is 4.79 Å². The highest BCUT2D eigenvalue weighted by Crippen LogP contribution is 2.25. The standard InChI is InChI=1S/C14H19FN2O2/c1-14(19-2)6-3-7-17(9-14)13(18)11-5-4-10(16)8-12(11)15/h4-5,8H,3,6-7,9,16H2,1-2H3. The molecule has 1 saturated heterocycles. The van der Waals surface area contributed by atoms with Crippen molar-refractivity contribution in [2.75, 3.05) is 25.9 Å². The Morgan fingerprint density at radius 2 is 2.26 bits per heavy atom. The number of nitrogens with two attached hydrogens (primary N) is 1. The molecule has 1 aromatic carbocycles. The molecule has 0 aliphatic carbocycles. The van der Waals surface area contributed by atoms with E-state index < -0.39 is 5.82 Å². The number of methoxy groups -OCH3 is 1. The maximum absolute atomic E-state index is 13.8. The summed E-state index contributed by atoms with van der Waals surface area (Å²) in [6, 6.07) is 4.15. The predicted molar refractivity (Wildman–Crippen MR) is 71.4 cm³/mol. The molecular formula is C14H19FN2O2. The number of piperidine rings is 1. The molecule has 104 valence electrons. The lowest BCUT2D eigenvalue weighted by Gasteiger charge is -2.39. The topological polar surface area (TPSA) is 55.6 Å². The molecule has 0 spiro atoms. The molecule has 2 N–H and O–H groups in total. The minimum Gasteiger partial charge on any atom is -0.399 e. The van der Waals surface area contributed by atoms with Gasteiger partial charge in [0.25, 0.3) is 5.91 Å². The highest BCUT2D eigenvalue weighted by Gasteiger charge is 2.33. The van der Waals surface area contributed by atoms with Crippen LogP contribution in [0.25, 0.3) is 0 Å². The van der Waals surface area contributed by atoms with Crippen LogP contribution in [0.4, 0.5) is 10.1 Å². The van der Waals surface area contributed by atoms with Gasteiger partial charge in [0.2, 0.25) is 0 Å². The van der Waals surface area contributed by atoms with E-state index in [1.54, 1.807) is 12.0 Å². The van der Waals surface area contributed by atoms with E-state index in [9.17, 15) is 9.18 Å². The smallest absolute Gasteiger partial charge is 0.256 e. The molecule has 1 aromatic rings. The summed E-state index contributed by atoms with van der Waals surface area (Å²) in [7, 11) is 1.64. The van der Waals surface area contributed by atoms with Crippen LogP contribution in [0.3, 0.4) is 0 Å². The van der Waals surface area contributed by atoms with Crippen molar-refractivity contribution >= 4 is 11.6 Å². The van der Waals surface area contributed by atoms with Crippen LogP contribution < -0.4 is 5.73 Å². The summed E-state index contributed by atoms with van der Waals surface area (Å²) in [6.45, 7) is 3.07. The van der Waals surface area contributed by atoms with Gasteiger partial charge in [-0.05, 0) is 38.0 Å². The lowest BCUT2D eigenvalue weighted by atomic mass is 9.94. The Kier molecular flexibility index (Phi) is 3.75. The number of amides is 1. The summed E-state index contributed by atoms with van der Waals surface area (Å²) < 4.78 is 19.2. The summed E-state index contributed by atoms with van der Waals surface area (Å²) in [4.78, 5) is 14.0. The molecule has 1 atom stereocenters. The van der Waals surface area contributed by atoms with Gasteiger partial charge in [-0.15, -0.1) is 0 Å². The number of nitrogens with zero attached hydrogens (tertiary/aromatic N) is 1. The zero-order chi connectivity index (χ0) is 14.0. The number of nitrogen functional groups attached to an aromatic ring is 1. The summed E-state index contributed by atoms with van der Waals surface area (Å²) >= 11 is 0. The second kappa shape index (κ2) is 5.17. The van der Waals surface area contributed by atoms with E-state index in [4.69, 9.17) is 10.5 Å². The molecule has 5 heteroatoms. The van der Waals surface area contributed by atoms with Crippen molar-refractivity contribution in [3.8, 4) is 0 Å². The van der Waals surface area contributed by atoms with Gasteiger partial charge in [0.15, 0.2) is 0 Å². The van der Waals surface area contributed by atoms with E-state index >= 15 is 0 Å². The van der Waals surface area contributed by atoms with Gasteiger partial charge in [-0.25, -0.2) is 4.39 Å². The quantitative estimate of drug-likeness (QED) is 0.833. The van der Waals surface area contributed by atoms with Crippen LogP contribution in [0.2, 0.25) is 0 Å². The maximum Gasteiger partial charge on any atom is 0.256 e. The van der Waals surface area contributed by atoms with Crippen molar-refractivity contribution in [2.45, 2.75) is 25.4 Å². The first-order valence-corrected chi connectivity index (χ1v) is 6.35. The van der Waals surface area contributed by atoms with E-state index in [0.717, 1.165) is 12.8 Å². The minimum atomic E-state index is -0.574. The van der Waals surface area contributed by atoms with Gasteiger partial charge in [0.1, 0.15) is 5.82 Å². The number of anilines is 1.